The lowest BCUT2D eigenvalue weighted by molar-refractivity contribution is 0.102. The quantitative estimate of drug-likeness (QED) is 0.499. The Kier molecular flexibility index (Phi) is 5.62. The summed E-state index contributed by atoms with van der Waals surface area (Å²) in [6.07, 6.45) is 0.656. The molecule has 2 aromatic carbocycles. The van der Waals surface area contributed by atoms with Gasteiger partial charge in [0.25, 0.3) is 5.91 Å². The summed E-state index contributed by atoms with van der Waals surface area (Å²) in [7, 11) is 0. The molecule has 7 nitrogen and oxygen atoms in total. The summed E-state index contributed by atoms with van der Waals surface area (Å²) in [6.45, 7) is 6.24. The van der Waals surface area contributed by atoms with Crippen molar-refractivity contribution in [3.05, 3.63) is 71.4 Å². The summed E-state index contributed by atoms with van der Waals surface area (Å²) in [5, 5.41) is 15.9. The third-order valence-corrected chi connectivity index (χ3v) is 4.94. The highest BCUT2D eigenvalue weighted by Gasteiger charge is 2.21. The minimum absolute atomic E-state index is 0.178. The first-order valence-electron chi connectivity index (χ1n) is 10.1. The molecule has 4 aromatic rings. The SMILES string of the molecule is CCOc1ccc(NC(=O)c2nnc3c(-c4ccc(F)cc4)c(CC)nn3c2C)cc1. The van der Waals surface area contributed by atoms with E-state index in [1.807, 2.05) is 13.8 Å². The van der Waals surface area contributed by atoms with Crippen molar-refractivity contribution in [3.63, 3.8) is 0 Å². The van der Waals surface area contributed by atoms with Crippen molar-refractivity contribution in [2.24, 2.45) is 0 Å². The van der Waals surface area contributed by atoms with Crippen LogP contribution >= 0.6 is 0 Å². The number of halogens is 1. The van der Waals surface area contributed by atoms with E-state index in [1.165, 1.54) is 12.1 Å². The highest BCUT2D eigenvalue weighted by molar-refractivity contribution is 6.03. The summed E-state index contributed by atoms with van der Waals surface area (Å²) in [6, 6.07) is 13.3. The first-order chi connectivity index (χ1) is 15.0. The van der Waals surface area contributed by atoms with Crippen LogP contribution in [0.25, 0.3) is 16.8 Å². The lowest BCUT2D eigenvalue weighted by Crippen LogP contribution is -2.18. The van der Waals surface area contributed by atoms with Gasteiger partial charge >= 0.3 is 0 Å². The zero-order valence-electron chi connectivity index (χ0n) is 17.5. The summed E-state index contributed by atoms with van der Waals surface area (Å²) in [5.41, 5.74) is 4.28. The van der Waals surface area contributed by atoms with Crippen molar-refractivity contribution in [3.8, 4) is 16.9 Å². The molecule has 0 bridgehead atoms. The molecule has 8 heteroatoms. The van der Waals surface area contributed by atoms with E-state index < -0.39 is 0 Å². The highest BCUT2D eigenvalue weighted by atomic mass is 19.1. The van der Waals surface area contributed by atoms with E-state index in [4.69, 9.17) is 4.74 Å². The number of carbonyl (C=O) groups excluding carboxylic acids is 1. The molecular formula is C23H22FN5O2. The van der Waals surface area contributed by atoms with Crippen LogP contribution in [0.3, 0.4) is 0 Å². The van der Waals surface area contributed by atoms with Gasteiger partial charge in [-0.3, -0.25) is 4.79 Å². The van der Waals surface area contributed by atoms with E-state index >= 15 is 0 Å². The van der Waals surface area contributed by atoms with Gasteiger partial charge in [-0.2, -0.15) is 5.10 Å². The minimum Gasteiger partial charge on any atom is -0.494 e. The lowest BCUT2D eigenvalue weighted by Gasteiger charge is -2.09. The number of amides is 1. The molecule has 0 spiro atoms. The second-order valence-corrected chi connectivity index (χ2v) is 6.96. The van der Waals surface area contributed by atoms with Crippen molar-refractivity contribution in [1.29, 1.82) is 0 Å². The number of nitrogens with zero attached hydrogens (tertiary/aromatic N) is 4. The van der Waals surface area contributed by atoms with E-state index in [9.17, 15) is 9.18 Å². The van der Waals surface area contributed by atoms with E-state index in [0.29, 0.717) is 30.1 Å². The number of nitrogens with one attached hydrogen (secondary N) is 1. The van der Waals surface area contributed by atoms with E-state index in [1.54, 1.807) is 47.8 Å². The van der Waals surface area contributed by atoms with Crippen molar-refractivity contribution < 1.29 is 13.9 Å². The molecule has 2 aromatic heterocycles. The van der Waals surface area contributed by atoms with Crippen LogP contribution in [-0.4, -0.2) is 32.3 Å². The number of carbonyl (C=O) groups is 1. The van der Waals surface area contributed by atoms with Crippen LogP contribution in [-0.2, 0) is 6.42 Å². The Bertz CT molecular complexity index is 1230. The molecule has 0 aliphatic heterocycles. The fraction of sp³-hybridized carbons (Fsp3) is 0.217. The molecule has 4 rings (SSSR count). The zero-order chi connectivity index (χ0) is 22.0. The third-order valence-electron chi connectivity index (χ3n) is 4.94. The Labute approximate surface area is 178 Å². The average molecular weight is 419 g/mol. The normalized spacial score (nSPS) is 11.0. The molecule has 0 saturated heterocycles. The molecule has 158 valence electrons. The standard InChI is InChI=1S/C23H22FN5O2/c1-4-19-20(15-6-8-16(24)9-7-15)22-27-26-21(14(3)29(22)28-19)23(30)25-17-10-12-18(13-11-17)31-5-2/h6-13H,4-5H2,1-3H3,(H,25,30). The summed E-state index contributed by atoms with van der Waals surface area (Å²) in [4.78, 5) is 12.8. The summed E-state index contributed by atoms with van der Waals surface area (Å²) < 4.78 is 20.4. The Balaban J connectivity index is 1.69. The van der Waals surface area contributed by atoms with Crippen LogP contribution in [0.1, 0.15) is 35.7 Å². The van der Waals surface area contributed by atoms with Crippen LogP contribution in [0, 0.1) is 12.7 Å². The molecule has 0 saturated carbocycles. The van der Waals surface area contributed by atoms with Gasteiger partial charge in [0, 0.05) is 5.69 Å². The van der Waals surface area contributed by atoms with Crippen molar-refractivity contribution >= 4 is 17.2 Å². The molecule has 1 N–H and O–H groups in total. The number of hydrogen-bond donors (Lipinski definition) is 1. The predicted molar refractivity (Wildman–Crippen MR) is 116 cm³/mol. The largest absolute Gasteiger partial charge is 0.494 e. The Morgan fingerprint density at radius 2 is 1.77 bits per heavy atom. The molecule has 0 fully saturated rings. The summed E-state index contributed by atoms with van der Waals surface area (Å²) in [5.74, 6) is 0.0385. The van der Waals surface area contributed by atoms with Gasteiger partial charge in [-0.15, -0.1) is 10.2 Å². The van der Waals surface area contributed by atoms with Gasteiger partial charge in [0.2, 0.25) is 0 Å². The fourth-order valence-corrected chi connectivity index (χ4v) is 3.41. The Hall–Kier alpha value is -3.81. The highest BCUT2D eigenvalue weighted by Crippen LogP contribution is 2.29. The fourth-order valence-electron chi connectivity index (χ4n) is 3.41. The molecule has 2 heterocycles. The average Bonchev–Trinajstić information content (AvgIpc) is 3.16. The maximum atomic E-state index is 13.4. The third kappa shape index (κ3) is 3.96. The van der Waals surface area contributed by atoms with Gasteiger partial charge in [-0.05, 0) is 62.2 Å². The molecule has 0 radical (unpaired) electrons. The monoisotopic (exact) mass is 419 g/mol. The number of aromatic nitrogens is 4. The maximum absolute atomic E-state index is 13.4. The van der Waals surface area contributed by atoms with Gasteiger partial charge < -0.3 is 10.1 Å². The number of rotatable bonds is 6. The number of benzene rings is 2. The Morgan fingerprint density at radius 3 is 2.42 bits per heavy atom. The van der Waals surface area contributed by atoms with Crippen molar-refractivity contribution in [1.82, 2.24) is 19.8 Å². The topological polar surface area (TPSA) is 81.4 Å². The van der Waals surface area contributed by atoms with Gasteiger partial charge in [-0.25, -0.2) is 8.91 Å². The van der Waals surface area contributed by atoms with Crippen LogP contribution in [0.4, 0.5) is 10.1 Å². The number of hydrogen-bond acceptors (Lipinski definition) is 5. The molecule has 1 amide bonds. The molecular weight excluding hydrogens is 397 g/mol. The van der Waals surface area contributed by atoms with Crippen LogP contribution in [0.2, 0.25) is 0 Å². The number of aryl methyl sites for hydroxylation is 2. The van der Waals surface area contributed by atoms with Gasteiger partial charge in [0.05, 0.1) is 23.6 Å². The lowest BCUT2D eigenvalue weighted by atomic mass is 10.0. The van der Waals surface area contributed by atoms with Crippen molar-refractivity contribution in [2.45, 2.75) is 27.2 Å². The minimum atomic E-state index is -0.382. The predicted octanol–water partition coefficient (Wildman–Crippen LogP) is 4.45. The second-order valence-electron chi connectivity index (χ2n) is 6.96. The van der Waals surface area contributed by atoms with Gasteiger partial charge in [0.15, 0.2) is 11.3 Å². The van der Waals surface area contributed by atoms with Gasteiger partial charge in [0.1, 0.15) is 11.6 Å². The summed E-state index contributed by atoms with van der Waals surface area (Å²) >= 11 is 0. The van der Waals surface area contributed by atoms with Crippen molar-refractivity contribution in [2.75, 3.05) is 11.9 Å². The zero-order valence-corrected chi connectivity index (χ0v) is 17.5. The second kappa shape index (κ2) is 8.51. The van der Waals surface area contributed by atoms with E-state index in [-0.39, 0.29) is 17.4 Å². The number of anilines is 1. The number of ether oxygens (including phenoxy) is 1. The smallest absolute Gasteiger partial charge is 0.278 e. The molecule has 0 unspecified atom stereocenters. The maximum Gasteiger partial charge on any atom is 0.278 e. The number of fused-ring (bicyclic) bond motifs is 1. The van der Waals surface area contributed by atoms with E-state index in [0.717, 1.165) is 22.6 Å². The van der Waals surface area contributed by atoms with E-state index in [2.05, 4.69) is 20.6 Å². The van der Waals surface area contributed by atoms with Crippen LogP contribution < -0.4 is 10.1 Å². The first-order valence-corrected chi connectivity index (χ1v) is 10.1. The van der Waals surface area contributed by atoms with Crippen LogP contribution in [0.5, 0.6) is 5.75 Å². The Morgan fingerprint density at radius 1 is 1.06 bits per heavy atom. The van der Waals surface area contributed by atoms with Crippen LogP contribution in [0.15, 0.2) is 48.5 Å². The molecule has 0 atom stereocenters. The molecule has 31 heavy (non-hydrogen) atoms. The molecule has 0 aliphatic carbocycles. The molecule has 0 aliphatic rings. The van der Waals surface area contributed by atoms with Gasteiger partial charge in [-0.1, -0.05) is 19.1 Å². The first kappa shape index (κ1) is 20.5.